The molecule has 1 aromatic rings. The van der Waals surface area contributed by atoms with Crippen molar-refractivity contribution in [3.8, 4) is 5.88 Å². The second kappa shape index (κ2) is 10.4. The largest absolute Gasteiger partial charge is 0.475 e. The third kappa shape index (κ3) is 7.64. The van der Waals surface area contributed by atoms with Crippen molar-refractivity contribution in [2.24, 2.45) is 10.7 Å². The Hall–Kier alpha value is -1.30. The van der Waals surface area contributed by atoms with E-state index < -0.39 is 17.6 Å². The van der Waals surface area contributed by atoms with Crippen molar-refractivity contribution in [3.63, 3.8) is 0 Å². The molecule has 0 aliphatic heterocycles. The number of alkyl halides is 3. The van der Waals surface area contributed by atoms with E-state index in [0.717, 1.165) is 6.07 Å². The number of nitrogens with zero attached hydrogens (tertiary/aromatic N) is 2. The van der Waals surface area contributed by atoms with E-state index in [0.29, 0.717) is 13.2 Å². The van der Waals surface area contributed by atoms with Crippen LogP contribution in [0.15, 0.2) is 23.3 Å². The first-order chi connectivity index (χ1) is 9.95. The second-order valence-corrected chi connectivity index (χ2v) is 3.89. The van der Waals surface area contributed by atoms with Crippen molar-refractivity contribution in [1.29, 1.82) is 0 Å². The number of methoxy groups -OCH3 is 1. The molecule has 0 radical (unpaired) electrons. The van der Waals surface area contributed by atoms with Crippen LogP contribution in [0.1, 0.15) is 5.56 Å². The van der Waals surface area contributed by atoms with Crippen molar-refractivity contribution in [3.05, 3.63) is 23.9 Å². The van der Waals surface area contributed by atoms with E-state index in [-0.39, 0.29) is 43.1 Å². The fourth-order valence-electron chi connectivity index (χ4n) is 1.36. The van der Waals surface area contributed by atoms with E-state index in [2.05, 4.69) is 15.3 Å². The minimum Gasteiger partial charge on any atom is -0.475 e. The van der Waals surface area contributed by atoms with Gasteiger partial charge < -0.3 is 20.5 Å². The number of aliphatic imine (C=N–C) groups is 1. The van der Waals surface area contributed by atoms with Crippen LogP contribution in [0.5, 0.6) is 5.88 Å². The highest BCUT2D eigenvalue weighted by molar-refractivity contribution is 14.0. The summed E-state index contributed by atoms with van der Waals surface area (Å²) in [7, 11) is 1.54. The number of aromatic nitrogens is 1. The maximum absolute atomic E-state index is 12.7. The van der Waals surface area contributed by atoms with E-state index in [1.165, 1.54) is 19.4 Å². The highest BCUT2D eigenvalue weighted by Crippen LogP contribution is 2.34. The van der Waals surface area contributed by atoms with Gasteiger partial charge in [0, 0.05) is 13.3 Å². The number of ether oxygens (including phenoxy) is 2. The number of rotatable bonds is 7. The Morgan fingerprint density at radius 1 is 1.41 bits per heavy atom. The normalized spacial score (nSPS) is 11.7. The Labute approximate surface area is 143 Å². The first kappa shape index (κ1) is 20.7. The predicted octanol–water partition coefficient (Wildman–Crippen LogP) is 1.65. The third-order valence-corrected chi connectivity index (χ3v) is 2.30. The van der Waals surface area contributed by atoms with Gasteiger partial charge >= 0.3 is 6.18 Å². The van der Waals surface area contributed by atoms with E-state index in [1.54, 1.807) is 0 Å². The minimum atomic E-state index is -4.50. The summed E-state index contributed by atoms with van der Waals surface area (Å²) in [5.41, 5.74) is 4.61. The number of halogens is 4. The first-order valence-electron chi connectivity index (χ1n) is 6.13. The molecule has 6 nitrogen and oxygen atoms in total. The van der Waals surface area contributed by atoms with Crippen LogP contribution < -0.4 is 15.8 Å². The van der Waals surface area contributed by atoms with Crippen LogP contribution >= 0.6 is 24.0 Å². The van der Waals surface area contributed by atoms with Crippen LogP contribution in [0.3, 0.4) is 0 Å². The van der Waals surface area contributed by atoms with Crippen LogP contribution in [0.4, 0.5) is 13.2 Å². The number of pyridine rings is 1. The molecule has 0 spiro atoms. The molecule has 22 heavy (non-hydrogen) atoms. The standard InChI is InChI=1S/C12H17F3N4O2.HI/c1-20-7-5-18-11(16)19-6-8-21-10-9(12(13,14)15)3-2-4-17-10;/h2-4H,5-8H2,1H3,(H3,16,18,19);1H. The average molecular weight is 434 g/mol. The van der Waals surface area contributed by atoms with Gasteiger partial charge in [0.1, 0.15) is 12.2 Å². The summed E-state index contributed by atoms with van der Waals surface area (Å²) in [5, 5.41) is 2.71. The average Bonchev–Trinajstić information content (AvgIpc) is 2.43. The van der Waals surface area contributed by atoms with Crippen molar-refractivity contribution in [1.82, 2.24) is 10.3 Å². The van der Waals surface area contributed by atoms with Crippen molar-refractivity contribution in [2.75, 3.05) is 33.4 Å². The monoisotopic (exact) mass is 434 g/mol. The molecule has 1 aromatic heterocycles. The van der Waals surface area contributed by atoms with Crippen LogP contribution in [0.25, 0.3) is 0 Å². The van der Waals surface area contributed by atoms with Gasteiger partial charge in [-0.05, 0) is 12.1 Å². The number of hydrogen-bond acceptors (Lipinski definition) is 4. The van der Waals surface area contributed by atoms with Gasteiger partial charge in [0.25, 0.3) is 0 Å². The van der Waals surface area contributed by atoms with Crippen molar-refractivity contribution >= 4 is 29.9 Å². The molecule has 0 aliphatic carbocycles. The number of guanidine groups is 1. The third-order valence-electron chi connectivity index (χ3n) is 2.30. The van der Waals surface area contributed by atoms with Crippen LogP contribution in [-0.4, -0.2) is 44.4 Å². The Morgan fingerprint density at radius 2 is 2.14 bits per heavy atom. The van der Waals surface area contributed by atoms with E-state index >= 15 is 0 Å². The highest BCUT2D eigenvalue weighted by atomic mass is 127. The van der Waals surface area contributed by atoms with E-state index in [4.69, 9.17) is 15.2 Å². The summed E-state index contributed by atoms with van der Waals surface area (Å²) < 4.78 is 47.8. The van der Waals surface area contributed by atoms with Gasteiger partial charge in [0.2, 0.25) is 5.88 Å². The summed E-state index contributed by atoms with van der Waals surface area (Å²) in [6.45, 7) is 1.01. The summed E-state index contributed by atoms with van der Waals surface area (Å²) in [6, 6.07) is 2.12. The van der Waals surface area contributed by atoms with Gasteiger partial charge in [0.15, 0.2) is 5.96 Å². The summed E-state index contributed by atoms with van der Waals surface area (Å²) in [4.78, 5) is 7.50. The van der Waals surface area contributed by atoms with Gasteiger partial charge in [-0.3, -0.25) is 4.99 Å². The van der Waals surface area contributed by atoms with Crippen molar-refractivity contribution in [2.45, 2.75) is 6.18 Å². The quantitative estimate of drug-likeness (QED) is 0.295. The molecule has 0 saturated heterocycles. The zero-order chi connectivity index (χ0) is 15.7. The Balaban J connectivity index is 0.00000441. The molecule has 0 unspecified atom stereocenters. The molecule has 10 heteroatoms. The molecule has 0 fully saturated rings. The van der Waals surface area contributed by atoms with Crippen molar-refractivity contribution < 1.29 is 22.6 Å². The van der Waals surface area contributed by atoms with Crippen LogP contribution in [-0.2, 0) is 10.9 Å². The summed E-state index contributed by atoms with van der Waals surface area (Å²) in [6.07, 6.45) is -3.27. The molecule has 0 saturated carbocycles. The lowest BCUT2D eigenvalue weighted by atomic mass is 10.2. The van der Waals surface area contributed by atoms with Gasteiger partial charge in [-0.15, -0.1) is 24.0 Å². The molecular formula is C12H18F3IN4O2. The predicted molar refractivity (Wildman–Crippen MR) is 86.5 cm³/mol. The molecular weight excluding hydrogens is 416 g/mol. The molecule has 0 aromatic carbocycles. The Morgan fingerprint density at radius 3 is 2.77 bits per heavy atom. The zero-order valence-corrected chi connectivity index (χ0v) is 14.2. The molecule has 0 atom stereocenters. The summed E-state index contributed by atoms with van der Waals surface area (Å²) in [5.74, 6) is -0.283. The van der Waals surface area contributed by atoms with E-state index in [1.807, 2.05) is 0 Å². The molecule has 0 aliphatic rings. The summed E-state index contributed by atoms with van der Waals surface area (Å²) >= 11 is 0. The van der Waals surface area contributed by atoms with Gasteiger partial charge in [0.05, 0.1) is 19.7 Å². The fourth-order valence-corrected chi connectivity index (χ4v) is 1.36. The minimum absolute atomic E-state index is 0. The van der Waals surface area contributed by atoms with Gasteiger partial charge in [-0.25, -0.2) is 4.98 Å². The number of hydrogen-bond donors (Lipinski definition) is 2. The smallest absolute Gasteiger partial charge is 0.421 e. The maximum Gasteiger partial charge on any atom is 0.421 e. The molecule has 0 bridgehead atoms. The van der Waals surface area contributed by atoms with Crippen LogP contribution in [0, 0.1) is 0 Å². The molecule has 1 rings (SSSR count). The second-order valence-electron chi connectivity index (χ2n) is 3.89. The number of nitrogens with two attached hydrogens (primary N) is 1. The zero-order valence-electron chi connectivity index (χ0n) is 11.9. The van der Waals surface area contributed by atoms with Gasteiger partial charge in [-0.2, -0.15) is 13.2 Å². The lowest BCUT2D eigenvalue weighted by molar-refractivity contribution is -0.139. The number of nitrogens with one attached hydrogen (secondary N) is 1. The van der Waals surface area contributed by atoms with E-state index in [9.17, 15) is 13.2 Å². The first-order valence-corrected chi connectivity index (χ1v) is 6.13. The molecule has 1 heterocycles. The lowest BCUT2D eigenvalue weighted by Crippen LogP contribution is -2.35. The fraction of sp³-hybridized carbons (Fsp3) is 0.500. The Bertz CT molecular complexity index is 472. The Kier molecular flexibility index (Phi) is 9.81. The van der Waals surface area contributed by atoms with Crippen LogP contribution in [0.2, 0.25) is 0 Å². The lowest BCUT2D eigenvalue weighted by Gasteiger charge is -2.12. The SMILES string of the molecule is COCCN=C(N)NCCOc1ncccc1C(F)(F)F.I. The molecule has 126 valence electrons. The highest BCUT2D eigenvalue weighted by Gasteiger charge is 2.34. The molecule has 0 amide bonds. The molecule has 3 N–H and O–H groups in total. The maximum atomic E-state index is 12.7. The van der Waals surface area contributed by atoms with Gasteiger partial charge in [-0.1, -0.05) is 0 Å². The topological polar surface area (TPSA) is 81.8 Å².